The number of carbonyl (C=O) groups excluding carboxylic acids is 2. The van der Waals surface area contributed by atoms with Crippen LogP contribution in [0.15, 0.2) is 46.3 Å². The molecule has 122 valence electrons. The van der Waals surface area contributed by atoms with Gasteiger partial charge in [-0.15, -0.1) is 11.3 Å². The highest BCUT2D eigenvalue weighted by atomic mass is 79.9. The van der Waals surface area contributed by atoms with Gasteiger partial charge >= 0.3 is 0 Å². The van der Waals surface area contributed by atoms with Crippen LogP contribution < -0.4 is 10.6 Å². The van der Waals surface area contributed by atoms with Crippen LogP contribution in [-0.2, 0) is 9.59 Å². The maximum Gasteiger partial charge on any atom is 0.222 e. The van der Waals surface area contributed by atoms with Gasteiger partial charge in [0.15, 0.2) is 0 Å². The molecule has 0 unspecified atom stereocenters. The second kappa shape index (κ2) is 8.26. The first-order valence-corrected chi connectivity index (χ1v) is 8.99. The molecule has 0 spiro atoms. The van der Waals surface area contributed by atoms with Crippen LogP contribution in [0.1, 0.15) is 42.8 Å². The van der Waals surface area contributed by atoms with Crippen molar-refractivity contribution in [3.05, 3.63) is 56.7 Å². The Bertz CT molecular complexity index is 673. The average Bonchev–Trinajstić information content (AvgIpc) is 3.00. The second-order valence-electron chi connectivity index (χ2n) is 5.28. The molecule has 6 heteroatoms. The predicted octanol–water partition coefficient (Wildman–Crippen LogP) is 3.96. The molecule has 0 radical (unpaired) electrons. The fourth-order valence-corrected chi connectivity index (χ4v) is 3.75. The van der Waals surface area contributed by atoms with Crippen molar-refractivity contribution in [3.8, 4) is 0 Å². The van der Waals surface area contributed by atoms with E-state index in [4.69, 9.17) is 0 Å². The number of hydrogen-bond acceptors (Lipinski definition) is 3. The van der Waals surface area contributed by atoms with Crippen LogP contribution in [0.4, 0.5) is 0 Å². The van der Waals surface area contributed by atoms with Crippen LogP contribution in [0.2, 0.25) is 0 Å². The van der Waals surface area contributed by atoms with Crippen molar-refractivity contribution in [3.63, 3.8) is 0 Å². The molecule has 2 N–H and O–H groups in total. The van der Waals surface area contributed by atoms with Gasteiger partial charge < -0.3 is 10.6 Å². The number of hydrogen-bond donors (Lipinski definition) is 2. The van der Waals surface area contributed by atoms with E-state index in [1.54, 1.807) is 0 Å². The Hall–Kier alpha value is -1.66. The predicted molar refractivity (Wildman–Crippen MR) is 96.2 cm³/mol. The van der Waals surface area contributed by atoms with Crippen molar-refractivity contribution in [1.29, 1.82) is 0 Å². The third-order valence-corrected chi connectivity index (χ3v) is 5.11. The fraction of sp³-hybridized carbons (Fsp3) is 0.294. The molecule has 0 saturated heterocycles. The highest BCUT2D eigenvalue weighted by Crippen LogP contribution is 2.25. The molecule has 1 heterocycles. The molecule has 2 aromatic rings. The SMILES string of the molecule is CC(=O)N[C@@H](CC(=O)N[C@@H](C)c1ccccc1Br)c1cccs1. The number of nitrogens with one attached hydrogen (secondary N) is 2. The molecule has 4 nitrogen and oxygen atoms in total. The second-order valence-corrected chi connectivity index (χ2v) is 7.12. The summed E-state index contributed by atoms with van der Waals surface area (Å²) in [5.74, 6) is -0.240. The minimum atomic E-state index is -0.293. The minimum absolute atomic E-state index is 0.0968. The van der Waals surface area contributed by atoms with Gasteiger partial charge in [0, 0.05) is 16.3 Å². The molecule has 2 amide bonds. The van der Waals surface area contributed by atoms with Gasteiger partial charge in [-0.05, 0) is 30.0 Å². The van der Waals surface area contributed by atoms with E-state index in [0.717, 1.165) is 14.9 Å². The highest BCUT2D eigenvalue weighted by molar-refractivity contribution is 9.10. The van der Waals surface area contributed by atoms with E-state index in [9.17, 15) is 9.59 Å². The summed E-state index contributed by atoms with van der Waals surface area (Å²) >= 11 is 5.03. The van der Waals surface area contributed by atoms with Gasteiger partial charge in [-0.25, -0.2) is 0 Å². The lowest BCUT2D eigenvalue weighted by molar-refractivity contribution is -0.123. The lowest BCUT2D eigenvalue weighted by Gasteiger charge is -2.19. The third-order valence-electron chi connectivity index (χ3n) is 3.40. The third kappa shape index (κ3) is 5.18. The lowest BCUT2D eigenvalue weighted by atomic mass is 10.1. The maximum atomic E-state index is 12.4. The van der Waals surface area contributed by atoms with E-state index in [2.05, 4.69) is 26.6 Å². The van der Waals surface area contributed by atoms with Crippen molar-refractivity contribution in [2.45, 2.75) is 32.4 Å². The summed E-state index contributed by atoms with van der Waals surface area (Å²) in [7, 11) is 0. The summed E-state index contributed by atoms with van der Waals surface area (Å²) in [5, 5.41) is 7.76. The normalized spacial score (nSPS) is 13.2. The topological polar surface area (TPSA) is 58.2 Å². The van der Waals surface area contributed by atoms with E-state index in [1.807, 2.05) is 48.7 Å². The molecule has 0 saturated carbocycles. The molecular weight excluding hydrogens is 376 g/mol. The summed E-state index contributed by atoms with van der Waals surface area (Å²) in [6, 6.07) is 11.2. The van der Waals surface area contributed by atoms with Crippen molar-refractivity contribution in [2.24, 2.45) is 0 Å². The average molecular weight is 395 g/mol. The number of benzene rings is 1. The van der Waals surface area contributed by atoms with Crippen LogP contribution in [0.25, 0.3) is 0 Å². The number of thiophene rings is 1. The van der Waals surface area contributed by atoms with Gasteiger partial charge in [-0.3, -0.25) is 9.59 Å². The molecule has 0 aliphatic carbocycles. The van der Waals surface area contributed by atoms with Gasteiger partial charge in [0.2, 0.25) is 11.8 Å². The fourth-order valence-electron chi connectivity index (χ4n) is 2.35. The zero-order chi connectivity index (χ0) is 16.8. The Labute approximate surface area is 148 Å². The van der Waals surface area contributed by atoms with E-state index in [1.165, 1.54) is 18.3 Å². The Morgan fingerprint density at radius 1 is 1.17 bits per heavy atom. The summed E-state index contributed by atoms with van der Waals surface area (Å²) in [5.41, 5.74) is 1.02. The molecular formula is C17H19BrN2O2S. The van der Waals surface area contributed by atoms with E-state index in [-0.39, 0.29) is 30.3 Å². The smallest absolute Gasteiger partial charge is 0.222 e. The van der Waals surface area contributed by atoms with E-state index in [0.29, 0.717) is 0 Å². The summed E-state index contributed by atoms with van der Waals surface area (Å²) in [4.78, 5) is 24.7. The summed E-state index contributed by atoms with van der Waals surface area (Å²) in [6.07, 6.45) is 0.217. The quantitative estimate of drug-likeness (QED) is 0.778. The number of amides is 2. The van der Waals surface area contributed by atoms with Gasteiger partial charge in [-0.1, -0.05) is 40.2 Å². The number of rotatable bonds is 6. The van der Waals surface area contributed by atoms with Crippen molar-refractivity contribution >= 4 is 39.1 Å². The van der Waals surface area contributed by atoms with Gasteiger partial charge in [0.1, 0.15) is 0 Å². The highest BCUT2D eigenvalue weighted by Gasteiger charge is 2.20. The van der Waals surface area contributed by atoms with Crippen molar-refractivity contribution in [1.82, 2.24) is 10.6 Å². The molecule has 1 aromatic heterocycles. The number of halogens is 1. The number of carbonyl (C=O) groups is 2. The van der Waals surface area contributed by atoms with Crippen molar-refractivity contribution in [2.75, 3.05) is 0 Å². The van der Waals surface area contributed by atoms with Crippen LogP contribution >= 0.6 is 27.3 Å². The van der Waals surface area contributed by atoms with Crippen LogP contribution in [-0.4, -0.2) is 11.8 Å². The van der Waals surface area contributed by atoms with E-state index < -0.39 is 0 Å². The lowest BCUT2D eigenvalue weighted by Crippen LogP contribution is -2.33. The Balaban J connectivity index is 2.02. The van der Waals surface area contributed by atoms with Crippen LogP contribution in [0.5, 0.6) is 0 Å². The van der Waals surface area contributed by atoms with Crippen LogP contribution in [0, 0.1) is 0 Å². The van der Waals surface area contributed by atoms with Gasteiger partial charge in [-0.2, -0.15) is 0 Å². The molecule has 23 heavy (non-hydrogen) atoms. The molecule has 2 rings (SSSR count). The monoisotopic (exact) mass is 394 g/mol. The first kappa shape index (κ1) is 17.7. The van der Waals surface area contributed by atoms with Crippen molar-refractivity contribution < 1.29 is 9.59 Å². The zero-order valence-corrected chi connectivity index (χ0v) is 15.4. The van der Waals surface area contributed by atoms with Gasteiger partial charge in [0.25, 0.3) is 0 Å². The standard InChI is InChI=1S/C17H19BrN2O2S/c1-11(13-6-3-4-7-14(13)18)19-17(22)10-15(20-12(2)21)16-8-5-9-23-16/h3-9,11,15H,10H2,1-2H3,(H,19,22)(H,20,21)/t11-,15-/m0/s1. The summed E-state index contributed by atoms with van der Waals surface area (Å²) < 4.78 is 0.962. The maximum absolute atomic E-state index is 12.4. The Morgan fingerprint density at radius 2 is 1.91 bits per heavy atom. The van der Waals surface area contributed by atoms with E-state index >= 15 is 0 Å². The minimum Gasteiger partial charge on any atom is -0.349 e. The molecule has 0 aliphatic heterocycles. The van der Waals surface area contributed by atoms with Crippen LogP contribution in [0.3, 0.4) is 0 Å². The largest absolute Gasteiger partial charge is 0.349 e. The summed E-state index contributed by atoms with van der Waals surface area (Å²) in [6.45, 7) is 3.40. The Kier molecular flexibility index (Phi) is 6.36. The molecule has 0 aliphatic rings. The first-order chi connectivity index (χ1) is 11.0. The molecule has 1 aromatic carbocycles. The Morgan fingerprint density at radius 3 is 2.52 bits per heavy atom. The molecule has 0 bridgehead atoms. The molecule has 0 fully saturated rings. The van der Waals surface area contributed by atoms with Gasteiger partial charge in [0.05, 0.1) is 18.5 Å². The first-order valence-electron chi connectivity index (χ1n) is 7.31. The molecule has 2 atom stereocenters. The zero-order valence-electron chi connectivity index (χ0n) is 13.0.